The summed E-state index contributed by atoms with van der Waals surface area (Å²) in [5, 5.41) is 7.35. The molecule has 5 heteroatoms. The Kier molecular flexibility index (Phi) is 4.50. The molecule has 96 valence electrons. The summed E-state index contributed by atoms with van der Waals surface area (Å²) in [6.45, 7) is 8.40. The van der Waals surface area contributed by atoms with Gasteiger partial charge in [-0.3, -0.25) is 4.90 Å². The number of hydrogen-bond acceptors (Lipinski definition) is 5. The lowest BCUT2D eigenvalue weighted by Gasteiger charge is -2.37. The predicted molar refractivity (Wildman–Crippen MR) is 65.7 cm³/mol. The van der Waals surface area contributed by atoms with Crippen molar-refractivity contribution in [1.29, 1.82) is 0 Å². The molecule has 1 aliphatic heterocycles. The van der Waals surface area contributed by atoms with Gasteiger partial charge in [-0.15, -0.1) is 0 Å². The van der Waals surface area contributed by atoms with Crippen molar-refractivity contribution in [3.63, 3.8) is 0 Å². The Hall–Kier alpha value is -0.940. The van der Waals surface area contributed by atoms with Gasteiger partial charge >= 0.3 is 0 Å². The molecule has 0 amide bonds. The summed E-state index contributed by atoms with van der Waals surface area (Å²) in [7, 11) is 0. The van der Waals surface area contributed by atoms with Gasteiger partial charge in [0, 0.05) is 25.6 Å². The first-order valence-corrected chi connectivity index (χ1v) is 6.59. The van der Waals surface area contributed by atoms with Crippen LogP contribution in [0.25, 0.3) is 0 Å². The van der Waals surface area contributed by atoms with Crippen molar-refractivity contribution in [2.75, 3.05) is 19.6 Å². The monoisotopic (exact) mass is 238 g/mol. The third kappa shape index (κ3) is 3.26. The van der Waals surface area contributed by atoms with Crippen LogP contribution >= 0.6 is 0 Å². The maximum atomic E-state index is 5.21. The lowest BCUT2D eigenvalue weighted by molar-refractivity contribution is 0.133. The van der Waals surface area contributed by atoms with Gasteiger partial charge in [0.15, 0.2) is 5.82 Å². The second-order valence-electron chi connectivity index (χ2n) is 4.64. The van der Waals surface area contributed by atoms with Crippen molar-refractivity contribution in [3.8, 4) is 0 Å². The molecule has 0 bridgehead atoms. The highest BCUT2D eigenvalue weighted by Gasteiger charge is 2.25. The molecule has 0 aromatic carbocycles. The largest absolute Gasteiger partial charge is 0.339 e. The van der Waals surface area contributed by atoms with Crippen molar-refractivity contribution >= 4 is 0 Å². The van der Waals surface area contributed by atoms with Crippen LogP contribution in [0.5, 0.6) is 0 Å². The number of nitrogens with zero attached hydrogens (tertiary/aromatic N) is 3. The lowest BCUT2D eigenvalue weighted by Crippen LogP contribution is -2.57. The van der Waals surface area contributed by atoms with Crippen LogP contribution in [0.3, 0.4) is 0 Å². The van der Waals surface area contributed by atoms with Crippen LogP contribution < -0.4 is 5.32 Å². The maximum Gasteiger partial charge on any atom is 0.226 e. The van der Waals surface area contributed by atoms with Gasteiger partial charge in [0.1, 0.15) is 0 Å². The van der Waals surface area contributed by atoms with E-state index in [4.69, 9.17) is 4.52 Å². The quantitative estimate of drug-likeness (QED) is 0.773. The Morgan fingerprint density at radius 3 is 2.76 bits per heavy atom. The lowest BCUT2D eigenvalue weighted by atomic mass is 10.1. The van der Waals surface area contributed by atoms with Crippen molar-refractivity contribution < 1.29 is 4.52 Å². The second-order valence-corrected chi connectivity index (χ2v) is 4.64. The molecule has 1 N–H and O–H groups in total. The van der Waals surface area contributed by atoms with Gasteiger partial charge in [-0.2, -0.15) is 4.98 Å². The van der Waals surface area contributed by atoms with Crippen molar-refractivity contribution in [2.45, 2.75) is 45.7 Å². The molecule has 1 aromatic heterocycles. The standard InChI is InChI=1S/C12H22N4O/c1-3-5-12-14-11(15-17-12)9-16(6-4-2)10-7-13-8-10/h10,13H,3-9H2,1-2H3. The minimum atomic E-state index is 0.642. The fourth-order valence-electron chi connectivity index (χ4n) is 2.06. The van der Waals surface area contributed by atoms with Gasteiger partial charge in [0.2, 0.25) is 5.89 Å². The summed E-state index contributed by atoms with van der Waals surface area (Å²) < 4.78 is 5.21. The third-order valence-electron chi connectivity index (χ3n) is 3.11. The molecule has 1 aromatic rings. The van der Waals surface area contributed by atoms with Crippen LogP contribution in [0, 0.1) is 0 Å². The molecule has 2 heterocycles. The first-order valence-electron chi connectivity index (χ1n) is 6.59. The van der Waals surface area contributed by atoms with E-state index >= 15 is 0 Å². The van der Waals surface area contributed by atoms with Crippen molar-refractivity contribution in [2.24, 2.45) is 0 Å². The third-order valence-corrected chi connectivity index (χ3v) is 3.11. The Morgan fingerprint density at radius 2 is 2.18 bits per heavy atom. The predicted octanol–water partition coefficient (Wildman–Crippen LogP) is 1.21. The maximum absolute atomic E-state index is 5.21. The second kappa shape index (κ2) is 6.12. The van der Waals surface area contributed by atoms with Crippen molar-refractivity contribution in [3.05, 3.63) is 11.7 Å². The fraction of sp³-hybridized carbons (Fsp3) is 0.833. The summed E-state index contributed by atoms with van der Waals surface area (Å²) in [6.07, 6.45) is 3.09. The van der Waals surface area contributed by atoms with E-state index in [9.17, 15) is 0 Å². The molecule has 1 aliphatic rings. The molecule has 2 rings (SSSR count). The Balaban J connectivity index is 1.90. The number of rotatable bonds is 7. The summed E-state index contributed by atoms with van der Waals surface area (Å²) in [5.74, 6) is 1.60. The first kappa shape index (κ1) is 12.5. The summed E-state index contributed by atoms with van der Waals surface area (Å²) in [6, 6.07) is 0.642. The zero-order valence-electron chi connectivity index (χ0n) is 10.8. The van der Waals surface area contributed by atoms with E-state index in [1.807, 2.05) is 0 Å². The Morgan fingerprint density at radius 1 is 1.35 bits per heavy atom. The topological polar surface area (TPSA) is 54.2 Å². The highest BCUT2D eigenvalue weighted by atomic mass is 16.5. The van der Waals surface area contributed by atoms with Crippen molar-refractivity contribution in [1.82, 2.24) is 20.4 Å². The van der Waals surface area contributed by atoms with E-state index in [1.165, 1.54) is 0 Å². The van der Waals surface area contributed by atoms with E-state index in [2.05, 4.69) is 34.2 Å². The SMILES string of the molecule is CCCc1nc(CN(CCC)C2CNC2)no1. The molecule has 0 radical (unpaired) electrons. The zero-order chi connectivity index (χ0) is 12.1. The van der Waals surface area contributed by atoms with E-state index in [-0.39, 0.29) is 0 Å². The number of aryl methyl sites for hydroxylation is 1. The normalized spacial score (nSPS) is 16.4. The molecule has 1 saturated heterocycles. The molecular weight excluding hydrogens is 216 g/mol. The van der Waals surface area contributed by atoms with E-state index in [1.54, 1.807) is 0 Å². The summed E-state index contributed by atoms with van der Waals surface area (Å²) >= 11 is 0. The van der Waals surface area contributed by atoms with E-state index < -0.39 is 0 Å². The molecule has 1 fully saturated rings. The first-order chi connectivity index (χ1) is 8.33. The van der Waals surface area contributed by atoms with Gasteiger partial charge in [-0.05, 0) is 19.4 Å². The van der Waals surface area contributed by atoms with Crippen LogP contribution in [0.2, 0.25) is 0 Å². The average Bonchev–Trinajstić information content (AvgIpc) is 2.64. The molecule has 17 heavy (non-hydrogen) atoms. The van der Waals surface area contributed by atoms with Crippen LogP contribution in [-0.4, -0.2) is 40.7 Å². The van der Waals surface area contributed by atoms with Gasteiger partial charge in [0.05, 0.1) is 6.54 Å². The summed E-state index contributed by atoms with van der Waals surface area (Å²) in [4.78, 5) is 6.86. The molecule has 0 unspecified atom stereocenters. The average molecular weight is 238 g/mol. The van der Waals surface area contributed by atoms with Gasteiger partial charge < -0.3 is 9.84 Å². The number of hydrogen-bond donors (Lipinski definition) is 1. The number of nitrogens with one attached hydrogen (secondary N) is 1. The highest BCUT2D eigenvalue weighted by Crippen LogP contribution is 2.10. The van der Waals surface area contributed by atoms with Gasteiger partial charge in [0.25, 0.3) is 0 Å². The van der Waals surface area contributed by atoms with Gasteiger partial charge in [-0.1, -0.05) is 19.0 Å². The van der Waals surface area contributed by atoms with Crippen LogP contribution in [0.1, 0.15) is 38.4 Å². The molecule has 0 atom stereocenters. The van der Waals surface area contributed by atoms with Crippen LogP contribution in [0.15, 0.2) is 4.52 Å². The minimum Gasteiger partial charge on any atom is -0.339 e. The molecular formula is C12H22N4O. The van der Waals surface area contributed by atoms with Crippen LogP contribution in [0.4, 0.5) is 0 Å². The van der Waals surface area contributed by atoms with E-state index in [0.717, 1.165) is 57.2 Å². The minimum absolute atomic E-state index is 0.642. The van der Waals surface area contributed by atoms with E-state index in [0.29, 0.717) is 6.04 Å². The van der Waals surface area contributed by atoms with Crippen LogP contribution in [-0.2, 0) is 13.0 Å². The molecule has 0 spiro atoms. The number of aromatic nitrogens is 2. The summed E-state index contributed by atoms with van der Waals surface area (Å²) in [5.41, 5.74) is 0. The Bertz CT molecular complexity index is 335. The molecule has 0 aliphatic carbocycles. The fourth-order valence-corrected chi connectivity index (χ4v) is 2.06. The highest BCUT2D eigenvalue weighted by molar-refractivity contribution is 4.91. The Labute approximate surface area is 103 Å². The zero-order valence-corrected chi connectivity index (χ0v) is 10.8. The van der Waals surface area contributed by atoms with Gasteiger partial charge in [-0.25, -0.2) is 0 Å². The molecule has 5 nitrogen and oxygen atoms in total. The molecule has 0 saturated carbocycles. The smallest absolute Gasteiger partial charge is 0.226 e.